The van der Waals surface area contributed by atoms with Crippen molar-refractivity contribution in [2.24, 2.45) is 5.73 Å². The second-order valence-electron chi connectivity index (χ2n) is 6.28. The first kappa shape index (κ1) is 23.2. The Hall–Kier alpha value is -1.85. The Morgan fingerprint density at radius 2 is 1.67 bits per heavy atom. The summed E-state index contributed by atoms with van der Waals surface area (Å²) in [5.74, 6) is 1.54. The molecule has 0 aliphatic rings. The second kappa shape index (κ2) is 11.8. The van der Waals surface area contributed by atoms with Crippen molar-refractivity contribution in [3.05, 3.63) is 77.8 Å². The SMILES string of the molecule is Cc1ccc(-c2cnc(CN(CCN)CCc3ccccc3)o2)cc1.Cl.Cl. The molecule has 1 aromatic heterocycles. The summed E-state index contributed by atoms with van der Waals surface area (Å²) in [7, 11) is 0. The van der Waals surface area contributed by atoms with Gasteiger partial charge in [0.2, 0.25) is 5.89 Å². The van der Waals surface area contributed by atoms with Crippen molar-refractivity contribution >= 4 is 24.8 Å². The Labute approximate surface area is 173 Å². The molecule has 0 fully saturated rings. The van der Waals surface area contributed by atoms with Crippen molar-refractivity contribution in [3.8, 4) is 11.3 Å². The van der Waals surface area contributed by atoms with Gasteiger partial charge in [-0.1, -0.05) is 60.2 Å². The van der Waals surface area contributed by atoms with E-state index in [1.165, 1.54) is 11.1 Å². The largest absolute Gasteiger partial charge is 0.439 e. The van der Waals surface area contributed by atoms with Crippen LogP contribution in [0.15, 0.2) is 65.2 Å². The van der Waals surface area contributed by atoms with Crippen LogP contribution >= 0.6 is 24.8 Å². The molecule has 0 spiro atoms. The van der Waals surface area contributed by atoms with E-state index in [1.807, 2.05) is 6.07 Å². The Bertz CT molecular complexity index is 776. The van der Waals surface area contributed by atoms with E-state index >= 15 is 0 Å². The normalized spacial score (nSPS) is 10.3. The predicted octanol–water partition coefficient (Wildman–Crippen LogP) is 4.50. The van der Waals surface area contributed by atoms with Crippen molar-refractivity contribution in [3.63, 3.8) is 0 Å². The number of hydrogen-bond acceptors (Lipinski definition) is 4. The molecule has 146 valence electrons. The minimum atomic E-state index is 0. The summed E-state index contributed by atoms with van der Waals surface area (Å²) >= 11 is 0. The minimum absolute atomic E-state index is 0. The van der Waals surface area contributed by atoms with Gasteiger partial charge in [0.25, 0.3) is 0 Å². The topological polar surface area (TPSA) is 55.3 Å². The van der Waals surface area contributed by atoms with Crippen LogP contribution in [-0.2, 0) is 13.0 Å². The number of hydrogen-bond donors (Lipinski definition) is 1. The maximum Gasteiger partial charge on any atom is 0.209 e. The molecule has 3 aromatic rings. The van der Waals surface area contributed by atoms with E-state index in [0.29, 0.717) is 13.1 Å². The van der Waals surface area contributed by atoms with Crippen LogP contribution < -0.4 is 5.73 Å². The van der Waals surface area contributed by atoms with Crippen molar-refractivity contribution in [1.82, 2.24) is 9.88 Å². The lowest BCUT2D eigenvalue weighted by atomic mass is 10.1. The van der Waals surface area contributed by atoms with Crippen LogP contribution in [0.2, 0.25) is 0 Å². The summed E-state index contributed by atoms with van der Waals surface area (Å²) in [6.07, 6.45) is 2.80. The number of aryl methyl sites for hydroxylation is 1. The maximum atomic E-state index is 5.94. The second-order valence-corrected chi connectivity index (χ2v) is 6.28. The lowest BCUT2D eigenvalue weighted by molar-refractivity contribution is 0.249. The third-order valence-electron chi connectivity index (χ3n) is 4.25. The third kappa shape index (κ3) is 7.00. The first-order valence-corrected chi connectivity index (χ1v) is 8.72. The van der Waals surface area contributed by atoms with E-state index in [9.17, 15) is 0 Å². The van der Waals surface area contributed by atoms with Gasteiger partial charge >= 0.3 is 0 Å². The maximum absolute atomic E-state index is 5.94. The van der Waals surface area contributed by atoms with Crippen LogP contribution in [0.25, 0.3) is 11.3 Å². The van der Waals surface area contributed by atoms with Gasteiger partial charge in [-0.15, -0.1) is 24.8 Å². The number of aromatic nitrogens is 1. The molecule has 1 heterocycles. The van der Waals surface area contributed by atoms with Crippen LogP contribution in [0, 0.1) is 6.92 Å². The lowest BCUT2D eigenvalue weighted by Crippen LogP contribution is -2.31. The van der Waals surface area contributed by atoms with E-state index in [2.05, 4.69) is 65.3 Å². The molecular formula is C21H27Cl2N3O. The summed E-state index contributed by atoms with van der Waals surface area (Å²) in [5, 5.41) is 0. The van der Waals surface area contributed by atoms with Gasteiger partial charge in [-0.2, -0.15) is 0 Å². The Morgan fingerprint density at radius 1 is 0.963 bits per heavy atom. The molecule has 4 nitrogen and oxygen atoms in total. The highest BCUT2D eigenvalue weighted by Crippen LogP contribution is 2.21. The number of oxazole rings is 1. The van der Waals surface area contributed by atoms with E-state index in [1.54, 1.807) is 6.20 Å². The fraction of sp³-hybridized carbons (Fsp3) is 0.286. The van der Waals surface area contributed by atoms with Crippen molar-refractivity contribution in [2.45, 2.75) is 19.9 Å². The van der Waals surface area contributed by atoms with Crippen LogP contribution in [0.4, 0.5) is 0 Å². The van der Waals surface area contributed by atoms with Crippen molar-refractivity contribution < 1.29 is 4.42 Å². The Kier molecular flexibility index (Phi) is 10.1. The summed E-state index contributed by atoms with van der Waals surface area (Å²) in [4.78, 5) is 6.73. The zero-order valence-corrected chi connectivity index (χ0v) is 17.1. The van der Waals surface area contributed by atoms with Crippen LogP contribution in [0.1, 0.15) is 17.0 Å². The van der Waals surface area contributed by atoms with E-state index < -0.39 is 0 Å². The van der Waals surface area contributed by atoms with Gasteiger partial charge in [0.05, 0.1) is 12.7 Å². The molecule has 0 atom stereocenters. The molecule has 0 radical (unpaired) electrons. The van der Waals surface area contributed by atoms with Gasteiger partial charge in [0.15, 0.2) is 5.76 Å². The van der Waals surface area contributed by atoms with Gasteiger partial charge in [-0.25, -0.2) is 4.98 Å². The van der Waals surface area contributed by atoms with Gasteiger partial charge < -0.3 is 10.2 Å². The Morgan fingerprint density at radius 3 is 2.33 bits per heavy atom. The zero-order chi connectivity index (χ0) is 17.5. The molecular weight excluding hydrogens is 381 g/mol. The number of nitrogens with two attached hydrogens (primary N) is 1. The number of halogens is 2. The highest BCUT2D eigenvalue weighted by Gasteiger charge is 2.11. The fourth-order valence-corrected chi connectivity index (χ4v) is 2.81. The van der Waals surface area contributed by atoms with Gasteiger partial charge in [-0.05, 0) is 18.9 Å². The van der Waals surface area contributed by atoms with Gasteiger partial charge in [-0.3, -0.25) is 4.90 Å². The van der Waals surface area contributed by atoms with E-state index in [0.717, 1.165) is 36.7 Å². The predicted molar refractivity (Wildman–Crippen MR) is 116 cm³/mol. The summed E-state index contributed by atoms with van der Waals surface area (Å²) in [5.41, 5.74) is 9.39. The van der Waals surface area contributed by atoms with Crippen LogP contribution in [0.3, 0.4) is 0 Å². The average Bonchev–Trinajstić information content (AvgIpc) is 3.10. The monoisotopic (exact) mass is 407 g/mol. The molecule has 0 bridgehead atoms. The quantitative estimate of drug-likeness (QED) is 0.597. The van der Waals surface area contributed by atoms with Crippen LogP contribution in [0.5, 0.6) is 0 Å². The van der Waals surface area contributed by atoms with Crippen LogP contribution in [-0.4, -0.2) is 29.5 Å². The number of nitrogens with zero attached hydrogens (tertiary/aromatic N) is 2. The highest BCUT2D eigenvalue weighted by atomic mass is 35.5. The molecule has 0 saturated carbocycles. The molecule has 27 heavy (non-hydrogen) atoms. The van der Waals surface area contributed by atoms with Gasteiger partial charge in [0.1, 0.15) is 0 Å². The number of benzene rings is 2. The van der Waals surface area contributed by atoms with E-state index in [-0.39, 0.29) is 24.8 Å². The molecule has 0 saturated heterocycles. The minimum Gasteiger partial charge on any atom is -0.439 e. The smallest absolute Gasteiger partial charge is 0.209 e. The standard InChI is InChI=1S/C21H25N3O.2ClH/c1-17-7-9-19(10-8-17)20-15-23-21(25-20)16-24(14-12-22)13-11-18-5-3-2-4-6-18;;/h2-10,15H,11-14,16,22H2,1H3;2*1H. The zero-order valence-electron chi connectivity index (χ0n) is 15.5. The molecule has 3 rings (SSSR count). The summed E-state index contributed by atoms with van der Waals surface area (Å²) < 4.78 is 5.94. The summed E-state index contributed by atoms with van der Waals surface area (Å²) in [6, 6.07) is 18.8. The highest BCUT2D eigenvalue weighted by molar-refractivity contribution is 5.85. The third-order valence-corrected chi connectivity index (χ3v) is 4.25. The van der Waals surface area contributed by atoms with E-state index in [4.69, 9.17) is 10.2 Å². The van der Waals surface area contributed by atoms with Crippen molar-refractivity contribution in [1.29, 1.82) is 0 Å². The van der Waals surface area contributed by atoms with Gasteiger partial charge in [0, 0.05) is 25.2 Å². The van der Waals surface area contributed by atoms with Crippen molar-refractivity contribution in [2.75, 3.05) is 19.6 Å². The first-order valence-electron chi connectivity index (χ1n) is 8.72. The first-order chi connectivity index (χ1) is 12.2. The molecule has 2 aromatic carbocycles. The fourth-order valence-electron chi connectivity index (χ4n) is 2.81. The molecule has 2 N–H and O–H groups in total. The molecule has 0 amide bonds. The average molecular weight is 408 g/mol. The number of rotatable bonds is 8. The Balaban J connectivity index is 0.00000182. The summed E-state index contributed by atoms with van der Waals surface area (Å²) in [6.45, 7) is 5.14. The molecule has 0 aliphatic heterocycles. The molecule has 0 unspecified atom stereocenters. The molecule has 0 aliphatic carbocycles. The lowest BCUT2D eigenvalue weighted by Gasteiger charge is -2.19. The molecule has 6 heteroatoms.